The number of nitrogens with two attached hydrogens (primary N) is 1. The average molecular weight is 361 g/mol. The summed E-state index contributed by atoms with van der Waals surface area (Å²) < 4.78 is 0. The summed E-state index contributed by atoms with van der Waals surface area (Å²) in [7, 11) is 0. The predicted molar refractivity (Wildman–Crippen MR) is 104 cm³/mol. The number of hydrogen-bond acceptors (Lipinski definition) is 6. The zero-order chi connectivity index (χ0) is 17.5. The Morgan fingerprint density at radius 2 is 1.68 bits per heavy atom. The molecule has 0 unspecified atom stereocenters. The van der Waals surface area contributed by atoms with Crippen LogP contribution in [-0.2, 0) is 6.54 Å². The van der Waals surface area contributed by atoms with Gasteiger partial charge in [-0.15, -0.1) is 0 Å². The van der Waals surface area contributed by atoms with Gasteiger partial charge in [-0.1, -0.05) is 30.2 Å². The molecule has 4 N–H and O–H groups in total. The molecule has 0 bridgehead atoms. The van der Waals surface area contributed by atoms with Crippen LogP contribution in [0.25, 0.3) is 0 Å². The van der Waals surface area contributed by atoms with Crippen molar-refractivity contribution >= 4 is 28.9 Å². The van der Waals surface area contributed by atoms with E-state index in [0.29, 0.717) is 23.9 Å². The maximum absolute atomic E-state index is 6.21. The Kier molecular flexibility index (Phi) is 6.30. The van der Waals surface area contributed by atoms with Crippen LogP contribution in [0.4, 0.5) is 17.3 Å². The van der Waals surface area contributed by atoms with E-state index in [1.165, 1.54) is 38.7 Å². The molecule has 1 aliphatic rings. The summed E-state index contributed by atoms with van der Waals surface area (Å²) in [5, 5.41) is 7.32. The quantitative estimate of drug-likeness (QED) is 0.703. The number of aromatic nitrogens is 2. The topological polar surface area (TPSA) is 79.1 Å². The molecule has 3 rings (SSSR count). The van der Waals surface area contributed by atoms with Crippen molar-refractivity contribution in [2.45, 2.75) is 25.8 Å². The minimum absolute atomic E-state index is 0.551. The monoisotopic (exact) mass is 360 g/mol. The van der Waals surface area contributed by atoms with Gasteiger partial charge >= 0.3 is 0 Å². The molecule has 134 valence electrons. The van der Waals surface area contributed by atoms with Gasteiger partial charge in [0.1, 0.15) is 12.0 Å². The van der Waals surface area contributed by atoms with Crippen molar-refractivity contribution in [1.29, 1.82) is 0 Å². The molecule has 0 aliphatic carbocycles. The van der Waals surface area contributed by atoms with Crippen molar-refractivity contribution in [3.05, 3.63) is 41.2 Å². The zero-order valence-corrected chi connectivity index (χ0v) is 15.1. The fourth-order valence-electron chi connectivity index (χ4n) is 2.98. The van der Waals surface area contributed by atoms with Crippen LogP contribution in [0.2, 0.25) is 5.02 Å². The average Bonchev–Trinajstić information content (AvgIpc) is 2.64. The second-order valence-electron chi connectivity index (χ2n) is 6.29. The van der Waals surface area contributed by atoms with Gasteiger partial charge in [-0.2, -0.15) is 0 Å². The van der Waals surface area contributed by atoms with Crippen molar-refractivity contribution in [3.63, 3.8) is 0 Å². The number of anilines is 3. The predicted octanol–water partition coefficient (Wildman–Crippen LogP) is 3.22. The van der Waals surface area contributed by atoms with Gasteiger partial charge in [0.05, 0.1) is 0 Å². The Balaban J connectivity index is 1.52. The highest BCUT2D eigenvalue weighted by Gasteiger charge is 2.11. The van der Waals surface area contributed by atoms with Crippen molar-refractivity contribution < 1.29 is 0 Å². The molecule has 25 heavy (non-hydrogen) atoms. The Labute approximate surface area is 153 Å². The summed E-state index contributed by atoms with van der Waals surface area (Å²) in [6.07, 6.45) is 5.48. The molecule has 0 radical (unpaired) electrons. The molecule has 0 saturated carbocycles. The second kappa shape index (κ2) is 8.87. The Morgan fingerprint density at radius 3 is 2.40 bits per heavy atom. The van der Waals surface area contributed by atoms with Crippen LogP contribution in [0.1, 0.15) is 24.8 Å². The molecular weight excluding hydrogens is 336 g/mol. The van der Waals surface area contributed by atoms with Crippen LogP contribution >= 0.6 is 11.6 Å². The Morgan fingerprint density at radius 1 is 1.00 bits per heavy atom. The molecule has 1 aliphatic heterocycles. The smallest absolute Gasteiger partial charge is 0.155 e. The molecule has 0 amide bonds. The summed E-state index contributed by atoms with van der Waals surface area (Å²) in [4.78, 5) is 11.0. The first-order chi connectivity index (χ1) is 12.2. The van der Waals surface area contributed by atoms with E-state index in [2.05, 4.69) is 25.5 Å². The van der Waals surface area contributed by atoms with E-state index in [0.717, 1.165) is 23.7 Å². The first-order valence-corrected chi connectivity index (χ1v) is 9.15. The number of nitrogen functional groups attached to an aromatic ring is 1. The van der Waals surface area contributed by atoms with Crippen molar-refractivity contribution in [2.75, 3.05) is 42.5 Å². The third kappa shape index (κ3) is 5.21. The summed E-state index contributed by atoms with van der Waals surface area (Å²) >= 11 is 5.91. The van der Waals surface area contributed by atoms with Gasteiger partial charge in [-0.3, -0.25) is 0 Å². The number of nitrogens with one attached hydrogen (secondary N) is 2. The van der Waals surface area contributed by atoms with Gasteiger partial charge in [0.25, 0.3) is 0 Å². The first kappa shape index (κ1) is 17.8. The molecule has 1 aromatic heterocycles. The van der Waals surface area contributed by atoms with Crippen LogP contribution < -0.4 is 16.4 Å². The summed E-state index contributed by atoms with van der Waals surface area (Å²) in [5.74, 6) is 1.33. The molecular formula is C18H25ClN6. The van der Waals surface area contributed by atoms with Gasteiger partial charge in [-0.25, -0.2) is 9.97 Å². The van der Waals surface area contributed by atoms with E-state index in [9.17, 15) is 0 Å². The number of piperidine rings is 1. The van der Waals surface area contributed by atoms with Crippen molar-refractivity contribution in [2.24, 2.45) is 0 Å². The Hall–Kier alpha value is -2.05. The van der Waals surface area contributed by atoms with Crippen LogP contribution in [0.5, 0.6) is 0 Å². The number of halogens is 1. The number of rotatable bonds is 7. The van der Waals surface area contributed by atoms with Gasteiger partial charge in [0, 0.05) is 24.7 Å². The zero-order valence-electron chi connectivity index (χ0n) is 14.3. The molecule has 0 atom stereocenters. The first-order valence-electron chi connectivity index (χ1n) is 8.77. The summed E-state index contributed by atoms with van der Waals surface area (Å²) in [5.41, 5.74) is 7.87. The molecule has 6 nitrogen and oxygen atoms in total. The van der Waals surface area contributed by atoms with Crippen molar-refractivity contribution in [3.8, 4) is 0 Å². The molecule has 2 heterocycles. The van der Waals surface area contributed by atoms with E-state index in [-0.39, 0.29) is 0 Å². The van der Waals surface area contributed by atoms with E-state index < -0.39 is 0 Å². The molecule has 7 heteroatoms. The van der Waals surface area contributed by atoms with Crippen LogP contribution in [0.15, 0.2) is 30.6 Å². The van der Waals surface area contributed by atoms with Gasteiger partial charge < -0.3 is 21.3 Å². The SMILES string of the molecule is Nc1c(NCCN2CCCCC2)ncnc1NCc1ccc(Cl)cc1. The maximum Gasteiger partial charge on any atom is 0.155 e. The summed E-state index contributed by atoms with van der Waals surface area (Å²) in [6, 6.07) is 7.69. The number of benzene rings is 1. The fourth-order valence-corrected chi connectivity index (χ4v) is 3.11. The lowest BCUT2D eigenvalue weighted by Crippen LogP contribution is -2.33. The molecule has 1 fully saturated rings. The van der Waals surface area contributed by atoms with E-state index in [1.807, 2.05) is 24.3 Å². The summed E-state index contributed by atoms with van der Waals surface area (Å²) in [6.45, 7) is 4.85. The van der Waals surface area contributed by atoms with Crippen LogP contribution in [0, 0.1) is 0 Å². The molecule has 0 spiro atoms. The minimum atomic E-state index is 0.551. The molecule has 1 saturated heterocycles. The number of hydrogen-bond donors (Lipinski definition) is 3. The lowest BCUT2D eigenvalue weighted by molar-refractivity contribution is 0.237. The maximum atomic E-state index is 6.21. The highest BCUT2D eigenvalue weighted by atomic mass is 35.5. The van der Waals surface area contributed by atoms with Crippen molar-refractivity contribution in [1.82, 2.24) is 14.9 Å². The third-order valence-corrected chi connectivity index (χ3v) is 4.68. The molecule has 1 aromatic carbocycles. The Bertz CT molecular complexity index is 670. The number of likely N-dealkylation sites (tertiary alicyclic amines) is 1. The van der Waals surface area contributed by atoms with Crippen LogP contribution in [0.3, 0.4) is 0 Å². The highest BCUT2D eigenvalue weighted by Crippen LogP contribution is 2.23. The minimum Gasteiger partial charge on any atom is -0.393 e. The van der Waals surface area contributed by atoms with Gasteiger partial charge in [0.2, 0.25) is 0 Å². The normalized spacial score (nSPS) is 15.1. The van der Waals surface area contributed by atoms with Crippen LogP contribution in [-0.4, -0.2) is 41.0 Å². The lowest BCUT2D eigenvalue weighted by atomic mass is 10.1. The highest BCUT2D eigenvalue weighted by molar-refractivity contribution is 6.30. The van der Waals surface area contributed by atoms with Gasteiger partial charge in [-0.05, 0) is 43.6 Å². The second-order valence-corrected chi connectivity index (χ2v) is 6.73. The van der Waals surface area contributed by atoms with E-state index >= 15 is 0 Å². The molecule has 2 aromatic rings. The standard InChI is InChI=1S/C18H25ClN6/c19-15-6-4-14(5-7-15)12-22-18-16(20)17(23-13-24-18)21-8-11-25-9-2-1-3-10-25/h4-7,13H,1-3,8-12,20H2,(H2,21,22,23,24). The van der Waals surface area contributed by atoms with Gasteiger partial charge in [0.15, 0.2) is 11.6 Å². The fraction of sp³-hybridized carbons (Fsp3) is 0.444. The third-order valence-electron chi connectivity index (χ3n) is 4.43. The number of nitrogens with zero attached hydrogens (tertiary/aromatic N) is 3. The lowest BCUT2D eigenvalue weighted by Gasteiger charge is -2.26. The largest absolute Gasteiger partial charge is 0.393 e. The van der Waals surface area contributed by atoms with E-state index in [1.54, 1.807) is 0 Å². The van der Waals surface area contributed by atoms with E-state index in [4.69, 9.17) is 17.3 Å².